The maximum Gasteiger partial charge on any atom is 0.306 e. The Bertz CT molecular complexity index is 777. The Morgan fingerprint density at radius 3 is 2.83 bits per heavy atom. The Labute approximate surface area is 133 Å². The van der Waals surface area contributed by atoms with Gasteiger partial charge in [-0.15, -0.1) is 0 Å². The highest BCUT2D eigenvalue weighted by Gasteiger charge is 2.11. The van der Waals surface area contributed by atoms with Gasteiger partial charge in [0.25, 0.3) is 0 Å². The van der Waals surface area contributed by atoms with Gasteiger partial charge in [-0.25, -0.2) is 4.98 Å². The topological polar surface area (TPSA) is 78.4 Å². The number of hydrogen-bond donors (Lipinski definition) is 0. The number of ether oxygens (including phenoxy) is 1. The van der Waals surface area contributed by atoms with E-state index in [1.165, 1.54) is 0 Å². The van der Waals surface area contributed by atoms with Crippen LogP contribution in [0, 0.1) is 6.92 Å². The lowest BCUT2D eigenvalue weighted by Crippen LogP contribution is -2.05. The van der Waals surface area contributed by atoms with Gasteiger partial charge in [-0.2, -0.15) is 0 Å². The van der Waals surface area contributed by atoms with Gasteiger partial charge in [0.1, 0.15) is 0 Å². The van der Waals surface area contributed by atoms with E-state index < -0.39 is 0 Å². The lowest BCUT2D eigenvalue weighted by molar-refractivity contribution is -0.145. The summed E-state index contributed by atoms with van der Waals surface area (Å²) in [7, 11) is 0. The fourth-order valence-electron chi connectivity index (χ4n) is 2.08. The molecule has 6 nitrogen and oxygen atoms in total. The van der Waals surface area contributed by atoms with Crippen molar-refractivity contribution in [2.75, 3.05) is 0 Å². The van der Waals surface area contributed by atoms with Gasteiger partial charge in [-0.1, -0.05) is 35.5 Å². The average molecular weight is 312 g/mol. The molecular weight excluding hydrogens is 296 g/mol. The van der Waals surface area contributed by atoms with Crippen LogP contribution in [0.15, 0.2) is 51.5 Å². The Morgan fingerprint density at radius 2 is 2.09 bits per heavy atom. The molecule has 118 valence electrons. The number of oxazole rings is 1. The monoisotopic (exact) mass is 312 g/mol. The highest BCUT2D eigenvalue weighted by atomic mass is 16.5. The van der Waals surface area contributed by atoms with Crippen molar-refractivity contribution in [3.05, 3.63) is 59.9 Å². The Morgan fingerprint density at radius 1 is 1.26 bits per heavy atom. The van der Waals surface area contributed by atoms with E-state index in [9.17, 15) is 4.79 Å². The van der Waals surface area contributed by atoms with E-state index in [0.717, 1.165) is 11.3 Å². The predicted octanol–water partition coefficient (Wildman–Crippen LogP) is 3.31. The van der Waals surface area contributed by atoms with E-state index in [0.29, 0.717) is 23.8 Å². The Hall–Kier alpha value is -2.89. The van der Waals surface area contributed by atoms with Crippen LogP contribution in [0.4, 0.5) is 0 Å². The second-order valence-electron chi connectivity index (χ2n) is 5.08. The first-order chi connectivity index (χ1) is 11.2. The number of benzene rings is 1. The Balaban J connectivity index is 1.48. The third-order valence-corrected chi connectivity index (χ3v) is 3.21. The van der Waals surface area contributed by atoms with Crippen LogP contribution in [0.25, 0.3) is 11.3 Å². The van der Waals surface area contributed by atoms with Crippen LogP contribution in [0.5, 0.6) is 0 Å². The summed E-state index contributed by atoms with van der Waals surface area (Å²) >= 11 is 0. The van der Waals surface area contributed by atoms with Crippen LogP contribution in [-0.4, -0.2) is 16.1 Å². The Kier molecular flexibility index (Phi) is 4.52. The molecule has 3 rings (SSSR count). The predicted molar refractivity (Wildman–Crippen MR) is 81.3 cm³/mol. The molecule has 0 bridgehead atoms. The molecule has 0 aliphatic rings. The van der Waals surface area contributed by atoms with Gasteiger partial charge in [0.15, 0.2) is 24.0 Å². The molecule has 0 unspecified atom stereocenters. The number of carbonyl (C=O) groups is 1. The smallest absolute Gasteiger partial charge is 0.306 e. The summed E-state index contributed by atoms with van der Waals surface area (Å²) in [6.07, 6.45) is 2.25. The molecule has 1 aromatic carbocycles. The zero-order chi connectivity index (χ0) is 16.1. The van der Waals surface area contributed by atoms with Gasteiger partial charge in [-0.05, 0) is 6.92 Å². The molecule has 0 atom stereocenters. The van der Waals surface area contributed by atoms with Gasteiger partial charge in [0.05, 0.1) is 18.3 Å². The maximum atomic E-state index is 11.7. The first-order valence-electron chi connectivity index (χ1n) is 7.28. The number of hydrogen-bond acceptors (Lipinski definition) is 6. The number of carbonyl (C=O) groups excluding carboxylic acids is 1. The third-order valence-electron chi connectivity index (χ3n) is 3.21. The van der Waals surface area contributed by atoms with E-state index >= 15 is 0 Å². The highest BCUT2D eigenvalue weighted by Crippen LogP contribution is 2.20. The van der Waals surface area contributed by atoms with Crippen LogP contribution in [0.1, 0.15) is 23.8 Å². The summed E-state index contributed by atoms with van der Waals surface area (Å²) in [5.41, 5.74) is 1.71. The van der Waals surface area contributed by atoms with Gasteiger partial charge in [0.2, 0.25) is 0 Å². The maximum absolute atomic E-state index is 11.7. The molecule has 0 spiro atoms. The summed E-state index contributed by atoms with van der Waals surface area (Å²) in [6.45, 7) is 1.89. The summed E-state index contributed by atoms with van der Waals surface area (Å²) < 4.78 is 15.7. The summed E-state index contributed by atoms with van der Waals surface area (Å²) in [6, 6.07) is 11.4. The van der Waals surface area contributed by atoms with Crippen LogP contribution in [0.2, 0.25) is 0 Å². The van der Waals surface area contributed by atoms with E-state index in [-0.39, 0.29) is 19.0 Å². The zero-order valence-corrected chi connectivity index (χ0v) is 12.7. The first kappa shape index (κ1) is 15.0. The van der Waals surface area contributed by atoms with Crippen LogP contribution < -0.4 is 0 Å². The van der Waals surface area contributed by atoms with E-state index in [1.807, 2.05) is 37.3 Å². The van der Waals surface area contributed by atoms with Crippen LogP contribution in [-0.2, 0) is 22.6 Å². The number of nitrogens with zero attached hydrogens (tertiary/aromatic N) is 2. The van der Waals surface area contributed by atoms with Gasteiger partial charge >= 0.3 is 5.97 Å². The molecule has 0 aliphatic heterocycles. The quantitative estimate of drug-likeness (QED) is 0.650. The molecular formula is C17H16N2O4. The molecule has 2 aromatic heterocycles. The van der Waals surface area contributed by atoms with Crippen molar-refractivity contribution in [2.24, 2.45) is 0 Å². The molecule has 0 amide bonds. The lowest BCUT2D eigenvalue weighted by atomic mass is 10.2. The van der Waals surface area contributed by atoms with E-state index in [4.69, 9.17) is 13.7 Å². The molecule has 0 saturated heterocycles. The van der Waals surface area contributed by atoms with Crippen molar-refractivity contribution in [1.82, 2.24) is 10.1 Å². The van der Waals surface area contributed by atoms with Crippen molar-refractivity contribution in [3.8, 4) is 11.3 Å². The number of aromatic nitrogens is 2. The average Bonchev–Trinajstić information content (AvgIpc) is 3.21. The second-order valence-corrected chi connectivity index (χ2v) is 5.08. The molecule has 6 heteroatoms. The second kappa shape index (κ2) is 6.91. The van der Waals surface area contributed by atoms with E-state index in [1.54, 1.807) is 12.3 Å². The standard InChI is InChI=1S/C17H16N2O4/c1-12-9-14(23-19-12)11-21-17(20)8-7-16-18-10-15(22-16)13-5-3-2-4-6-13/h2-6,9-10H,7-8,11H2,1H3. The molecule has 23 heavy (non-hydrogen) atoms. The normalized spacial score (nSPS) is 10.7. The summed E-state index contributed by atoms with van der Waals surface area (Å²) in [4.78, 5) is 15.9. The minimum absolute atomic E-state index is 0.0839. The van der Waals surface area contributed by atoms with Crippen molar-refractivity contribution < 1.29 is 18.5 Å². The zero-order valence-electron chi connectivity index (χ0n) is 12.7. The highest BCUT2D eigenvalue weighted by molar-refractivity contribution is 5.69. The minimum atomic E-state index is -0.335. The molecule has 0 N–H and O–H groups in total. The van der Waals surface area contributed by atoms with Gasteiger partial charge < -0.3 is 13.7 Å². The number of aryl methyl sites for hydroxylation is 2. The van der Waals surface area contributed by atoms with Crippen molar-refractivity contribution in [2.45, 2.75) is 26.4 Å². The summed E-state index contributed by atoms with van der Waals surface area (Å²) in [5.74, 6) is 1.39. The lowest BCUT2D eigenvalue weighted by Gasteiger charge is -2.00. The molecule has 2 heterocycles. The molecule has 0 radical (unpaired) electrons. The molecule has 0 fully saturated rings. The fraction of sp³-hybridized carbons (Fsp3) is 0.235. The molecule has 3 aromatic rings. The molecule has 0 saturated carbocycles. The number of rotatable bonds is 6. The van der Waals surface area contributed by atoms with E-state index in [2.05, 4.69) is 10.1 Å². The van der Waals surface area contributed by atoms with Crippen molar-refractivity contribution in [1.29, 1.82) is 0 Å². The largest absolute Gasteiger partial charge is 0.457 e. The summed E-state index contributed by atoms with van der Waals surface area (Å²) in [5, 5.41) is 3.73. The molecule has 0 aliphatic carbocycles. The minimum Gasteiger partial charge on any atom is -0.457 e. The first-order valence-corrected chi connectivity index (χ1v) is 7.28. The third kappa shape index (κ3) is 4.06. The van der Waals surface area contributed by atoms with Gasteiger partial charge in [0, 0.05) is 18.1 Å². The van der Waals surface area contributed by atoms with Gasteiger partial charge in [-0.3, -0.25) is 4.79 Å². The SMILES string of the molecule is Cc1cc(COC(=O)CCc2ncc(-c3ccccc3)o2)on1. The van der Waals surface area contributed by atoms with Crippen LogP contribution >= 0.6 is 0 Å². The van der Waals surface area contributed by atoms with Crippen molar-refractivity contribution >= 4 is 5.97 Å². The van der Waals surface area contributed by atoms with Crippen LogP contribution in [0.3, 0.4) is 0 Å². The fourth-order valence-corrected chi connectivity index (χ4v) is 2.08. The van der Waals surface area contributed by atoms with Crippen molar-refractivity contribution in [3.63, 3.8) is 0 Å². The number of esters is 1.